The van der Waals surface area contributed by atoms with Crippen molar-refractivity contribution < 1.29 is 4.79 Å². The molecule has 2 heterocycles. The summed E-state index contributed by atoms with van der Waals surface area (Å²) in [7, 11) is 0. The zero-order valence-corrected chi connectivity index (χ0v) is 12.9. The second-order valence-corrected chi connectivity index (χ2v) is 5.74. The SMILES string of the molecule is Cc1cc(Cl)c(Cl)cc1C(=O)Nc1cnc2n1CCNC2. The Labute approximate surface area is 132 Å². The molecule has 3 rings (SSSR count). The highest BCUT2D eigenvalue weighted by molar-refractivity contribution is 6.42. The number of aryl methyl sites for hydroxylation is 1. The molecule has 110 valence electrons. The van der Waals surface area contributed by atoms with E-state index >= 15 is 0 Å². The molecule has 21 heavy (non-hydrogen) atoms. The lowest BCUT2D eigenvalue weighted by Gasteiger charge is -2.18. The molecule has 1 amide bonds. The van der Waals surface area contributed by atoms with Gasteiger partial charge in [0.25, 0.3) is 5.91 Å². The molecule has 0 spiro atoms. The van der Waals surface area contributed by atoms with Crippen molar-refractivity contribution in [2.75, 3.05) is 11.9 Å². The van der Waals surface area contributed by atoms with Crippen LogP contribution in [0.25, 0.3) is 0 Å². The summed E-state index contributed by atoms with van der Waals surface area (Å²) in [5.74, 6) is 1.40. The molecule has 1 aliphatic heterocycles. The van der Waals surface area contributed by atoms with E-state index in [1.54, 1.807) is 18.3 Å². The first-order valence-corrected chi connectivity index (χ1v) is 7.34. The lowest BCUT2D eigenvalue weighted by atomic mass is 10.1. The van der Waals surface area contributed by atoms with E-state index in [4.69, 9.17) is 23.2 Å². The number of aromatic nitrogens is 2. The van der Waals surface area contributed by atoms with Gasteiger partial charge in [0.15, 0.2) is 0 Å². The van der Waals surface area contributed by atoms with E-state index in [-0.39, 0.29) is 5.91 Å². The molecule has 0 aliphatic carbocycles. The Bertz CT molecular complexity index is 711. The maximum atomic E-state index is 12.4. The van der Waals surface area contributed by atoms with Crippen molar-refractivity contribution in [1.29, 1.82) is 0 Å². The highest BCUT2D eigenvalue weighted by Gasteiger charge is 2.17. The van der Waals surface area contributed by atoms with Gasteiger partial charge in [-0.3, -0.25) is 4.79 Å². The van der Waals surface area contributed by atoms with E-state index in [0.717, 1.165) is 24.5 Å². The average molecular weight is 325 g/mol. The summed E-state index contributed by atoms with van der Waals surface area (Å²) in [4.78, 5) is 16.7. The Morgan fingerprint density at radius 1 is 1.38 bits per heavy atom. The van der Waals surface area contributed by atoms with E-state index in [0.29, 0.717) is 28.0 Å². The van der Waals surface area contributed by atoms with Gasteiger partial charge in [-0.1, -0.05) is 23.2 Å². The molecule has 2 aromatic rings. The summed E-state index contributed by atoms with van der Waals surface area (Å²) < 4.78 is 2.00. The lowest BCUT2D eigenvalue weighted by molar-refractivity contribution is 0.102. The van der Waals surface area contributed by atoms with E-state index in [2.05, 4.69) is 15.6 Å². The Hall–Kier alpha value is -1.56. The van der Waals surface area contributed by atoms with Crippen LogP contribution < -0.4 is 10.6 Å². The monoisotopic (exact) mass is 324 g/mol. The molecule has 0 radical (unpaired) electrons. The minimum absolute atomic E-state index is 0.215. The summed E-state index contributed by atoms with van der Waals surface area (Å²) in [6, 6.07) is 3.28. The predicted molar refractivity (Wildman–Crippen MR) is 83.1 cm³/mol. The molecule has 1 aromatic heterocycles. The number of fused-ring (bicyclic) bond motifs is 1. The van der Waals surface area contributed by atoms with Crippen LogP contribution in [0.2, 0.25) is 10.0 Å². The zero-order chi connectivity index (χ0) is 15.0. The molecule has 0 bridgehead atoms. The third-order valence-electron chi connectivity index (χ3n) is 3.49. The topological polar surface area (TPSA) is 59.0 Å². The minimum Gasteiger partial charge on any atom is -0.312 e. The number of nitrogens with one attached hydrogen (secondary N) is 2. The quantitative estimate of drug-likeness (QED) is 0.893. The van der Waals surface area contributed by atoms with Gasteiger partial charge < -0.3 is 15.2 Å². The van der Waals surface area contributed by atoms with Crippen LogP contribution in [-0.2, 0) is 13.1 Å². The highest BCUT2D eigenvalue weighted by atomic mass is 35.5. The standard InChI is InChI=1S/C14H14Cl2N4O/c1-8-4-10(15)11(16)5-9(8)14(21)19-13-7-18-12-6-17-2-3-20(12)13/h4-5,7,17H,2-3,6H2,1H3,(H,19,21). The van der Waals surface area contributed by atoms with Gasteiger partial charge in [-0.15, -0.1) is 0 Å². The largest absolute Gasteiger partial charge is 0.312 e. The summed E-state index contributed by atoms with van der Waals surface area (Å²) in [5, 5.41) is 6.93. The molecule has 1 aromatic carbocycles. The number of imidazole rings is 1. The smallest absolute Gasteiger partial charge is 0.257 e. The van der Waals surface area contributed by atoms with Gasteiger partial charge in [-0.05, 0) is 24.6 Å². The van der Waals surface area contributed by atoms with Gasteiger partial charge in [0.1, 0.15) is 11.6 Å². The number of hydrogen-bond acceptors (Lipinski definition) is 3. The fourth-order valence-electron chi connectivity index (χ4n) is 2.37. The number of nitrogens with zero attached hydrogens (tertiary/aromatic N) is 2. The van der Waals surface area contributed by atoms with E-state index in [9.17, 15) is 4.79 Å². The first-order valence-electron chi connectivity index (χ1n) is 6.58. The molecule has 7 heteroatoms. The molecule has 2 N–H and O–H groups in total. The number of hydrogen-bond donors (Lipinski definition) is 2. The number of amides is 1. The number of carbonyl (C=O) groups excluding carboxylic acids is 1. The lowest BCUT2D eigenvalue weighted by Crippen LogP contribution is -2.29. The van der Waals surface area contributed by atoms with Gasteiger partial charge in [0.05, 0.1) is 22.8 Å². The van der Waals surface area contributed by atoms with Crippen molar-refractivity contribution in [2.45, 2.75) is 20.0 Å². The van der Waals surface area contributed by atoms with Crippen LogP contribution in [0.4, 0.5) is 5.82 Å². The van der Waals surface area contributed by atoms with E-state index in [1.165, 1.54) is 0 Å². The van der Waals surface area contributed by atoms with Crippen molar-refractivity contribution >= 4 is 34.9 Å². The first-order chi connectivity index (χ1) is 10.1. The van der Waals surface area contributed by atoms with Crippen LogP contribution in [0, 0.1) is 6.92 Å². The summed E-state index contributed by atoms with van der Waals surface area (Å²) >= 11 is 11.9. The molecule has 5 nitrogen and oxygen atoms in total. The molecule has 0 atom stereocenters. The maximum Gasteiger partial charge on any atom is 0.257 e. The maximum absolute atomic E-state index is 12.4. The zero-order valence-electron chi connectivity index (χ0n) is 11.4. The van der Waals surface area contributed by atoms with Crippen LogP contribution in [0.5, 0.6) is 0 Å². The van der Waals surface area contributed by atoms with Gasteiger partial charge in [0.2, 0.25) is 0 Å². The average Bonchev–Trinajstić information content (AvgIpc) is 2.86. The molecule has 0 unspecified atom stereocenters. The van der Waals surface area contributed by atoms with Crippen LogP contribution >= 0.6 is 23.2 Å². The van der Waals surface area contributed by atoms with Gasteiger partial charge in [0, 0.05) is 18.7 Å². The number of benzene rings is 1. The minimum atomic E-state index is -0.215. The fourth-order valence-corrected chi connectivity index (χ4v) is 2.75. The van der Waals surface area contributed by atoms with Crippen LogP contribution in [0.15, 0.2) is 18.3 Å². The molecule has 1 aliphatic rings. The normalized spacial score (nSPS) is 13.9. The summed E-state index contributed by atoms with van der Waals surface area (Å²) in [6.07, 6.45) is 1.67. The van der Waals surface area contributed by atoms with E-state index < -0.39 is 0 Å². The number of halogens is 2. The Morgan fingerprint density at radius 2 is 2.14 bits per heavy atom. The van der Waals surface area contributed by atoms with Crippen LogP contribution in [0.1, 0.15) is 21.7 Å². The van der Waals surface area contributed by atoms with E-state index in [1.807, 2.05) is 11.5 Å². The third-order valence-corrected chi connectivity index (χ3v) is 4.21. The molecule has 0 fully saturated rings. The second-order valence-electron chi connectivity index (χ2n) is 4.92. The van der Waals surface area contributed by atoms with Crippen molar-refractivity contribution in [3.8, 4) is 0 Å². The first kappa shape index (κ1) is 14.4. The van der Waals surface area contributed by atoms with Crippen LogP contribution in [-0.4, -0.2) is 22.0 Å². The van der Waals surface area contributed by atoms with Crippen molar-refractivity contribution in [2.24, 2.45) is 0 Å². The second kappa shape index (κ2) is 5.67. The van der Waals surface area contributed by atoms with Gasteiger partial charge in [-0.25, -0.2) is 4.98 Å². The third kappa shape index (κ3) is 2.77. The van der Waals surface area contributed by atoms with Crippen LogP contribution in [0.3, 0.4) is 0 Å². The fraction of sp³-hybridized carbons (Fsp3) is 0.286. The number of carbonyl (C=O) groups is 1. The van der Waals surface area contributed by atoms with Crippen molar-refractivity contribution in [3.05, 3.63) is 45.3 Å². The molecule has 0 saturated carbocycles. The number of anilines is 1. The molecule has 0 saturated heterocycles. The Balaban J connectivity index is 1.87. The Kier molecular flexibility index (Phi) is 3.89. The number of rotatable bonds is 2. The van der Waals surface area contributed by atoms with Gasteiger partial charge >= 0.3 is 0 Å². The van der Waals surface area contributed by atoms with Gasteiger partial charge in [-0.2, -0.15) is 0 Å². The molecular weight excluding hydrogens is 311 g/mol. The summed E-state index contributed by atoms with van der Waals surface area (Å²) in [6.45, 7) is 4.18. The Morgan fingerprint density at radius 3 is 2.95 bits per heavy atom. The molecular formula is C14H14Cl2N4O. The summed E-state index contributed by atoms with van der Waals surface area (Å²) in [5.41, 5.74) is 1.29. The van der Waals surface area contributed by atoms with Crippen molar-refractivity contribution in [1.82, 2.24) is 14.9 Å². The highest BCUT2D eigenvalue weighted by Crippen LogP contribution is 2.26. The van der Waals surface area contributed by atoms with Crippen molar-refractivity contribution in [3.63, 3.8) is 0 Å². The predicted octanol–water partition coefficient (Wildman–Crippen LogP) is 2.85.